The van der Waals surface area contributed by atoms with E-state index in [4.69, 9.17) is 0 Å². The summed E-state index contributed by atoms with van der Waals surface area (Å²) < 4.78 is 27.6. The zero-order valence-corrected chi connectivity index (χ0v) is 16.2. The SMILES string of the molecule is O=C(Cc1cc2cc(-c3cncs3)ccc2cn1)C1(F)CCN(CCF)CC1. The number of hydrogen-bond donors (Lipinski definition) is 0. The Hall–Kier alpha value is -2.25. The largest absolute Gasteiger partial charge is 0.300 e. The maximum atomic E-state index is 15.1. The van der Waals surface area contributed by atoms with Crippen LogP contribution >= 0.6 is 11.3 Å². The Morgan fingerprint density at radius 3 is 2.71 bits per heavy atom. The fraction of sp³-hybridized carbons (Fsp3) is 0.381. The van der Waals surface area contributed by atoms with E-state index < -0.39 is 18.1 Å². The lowest BCUT2D eigenvalue weighted by molar-refractivity contribution is -0.133. The van der Waals surface area contributed by atoms with Crippen LogP contribution in [0.3, 0.4) is 0 Å². The van der Waals surface area contributed by atoms with E-state index in [1.165, 1.54) is 0 Å². The van der Waals surface area contributed by atoms with Crippen molar-refractivity contribution >= 4 is 27.9 Å². The Morgan fingerprint density at radius 1 is 1.18 bits per heavy atom. The number of nitrogens with zero attached hydrogens (tertiary/aromatic N) is 3. The molecular formula is C21H21F2N3OS. The summed E-state index contributed by atoms with van der Waals surface area (Å²) in [4.78, 5) is 24.0. The molecule has 3 aromatic rings. The molecule has 0 amide bonds. The molecule has 1 aliphatic heterocycles. The molecule has 0 N–H and O–H groups in total. The van der Waals surface area contributed by atoms with E-state index in [0.717, 1.165) is 21.2 Å². The van der Waals surface area contributed by atoms with Crippen molar-refractivity contribution in [1.82, 2.24) is 14.9 Å². The van der Waals surface area contributed by atoms with Gasteiger partial charge in [-0.15, -0.1) is 11.3 Å². The molecule has 1 fully saturated rings. The Morgan fingerprint density at radius 2 is 2.00 bits per heavy atom. The van der Waals surface area contributed by atoms with Crippen molar-refractivity contribution in [3.8, 4) is 10.4 Å². The number of Topliss-reactive ketones (excluding diaryl/α,β-unsaturated/α-hetero) is 1. The number of alkyl halides is 2. The van der Waals surface area contributed by atoms with Gasteiger partial charge in [-0.3, -0.25) is 14.8 Å². The second-order valence-electron chi connectivity index (χ2n) is 7.20. The molecule has 0 unspecified atom stereocenters. The molecular weight excluding hydrogens is 380 g/mol. The first-order valence-corrected chi connectivity index (χ1v) is 10.2. The van der Waals surface area contributed by atoms with Crippen LogP contribution in [0.4, 0.5) is 8.78 Å². The standard InChI is InChI=1S/C21H21F2N3OS/c22-5-8-26-6-3-21(23,4-7-26)20(27)11-18-10-17-9-15(19-13-24-14-28-19)1-2-16(17)12-25-18/h1-2,9-10,12-14H,3-8,11H2. The number of carbonyl (C=O) groups excluding carboxylic acids is 1. The molecule has 2 aromatic heterocycles. The minimum absolute atomic E-state index is 0.0274. The topological polar surface area (TPSA) is 46.1 Å². The van der Waals surface area contributed by atoms with Gasteiger partial charge in [-0.05, 0) is 23.1 Å². The molecule has 1 aromatic carbocycles. The predicted molar refractivity (Wildman–Crippen MR) is 107 cm³/mol. The van der Waals surface area contributed by atoms with Gasteiger partial charge in [0, 0.05) is 55.9 Å². The van der Waals surface area contributed by atoms with E-state index in [1.807, 2.05) is 35.4 Å². The number of halogens is 2. The summed E-state index contributed by atoms with van der Waals surface area (Å²) in [6, 6.07) is 7.91. The van der Waals surface area contributed by atoms with Gasteiger partial charge in [0.2, 0.25) is 0 Å². The van der Waals surface area contributed by atoms with E-state index in [-0.39, 0.29) is 19.3 Å². The van der Waals surface area contributed by atoms with Crippen LogP contribution in [0.1, 0.15) is 18.5 Å². The number of rotatable bonds is 6. The maximum absolute atomic E-state index is 15.1. The third-order valence-corrected chi connectivity index (χ3v) is 6.21. The van der Waals surface area contributed by atoms with Crippen LogP contribution in [0.2, 0.25) is 0 Å². The summed E-state index contributed by atoms with van der Waals surface area (Å²) >= 11 is 1.56. The molecule has 3 heterocycles. The molecule has 28 heavy (non-hydrogen) atoms. The van der Waals surface area contributed by atoms with Gasteiger partial charge < -0.3 is 4.90 Å². The van der Waals surface area contributed by atoms with Gasteiger partial charge in [0.1, 0.15) is 6.67 Å². The van der Waals surface area contributed by atoms with Crippen LogP contribution < -0.4 is 0 Å². The summed E-state index contributed by atoms with van der Waals surface area (Å²) in [5.41, 5.74) is 1.58. The Kier molecular flexibility index (Phi) is 5.46. The summed E-state index contributed by atoms with van der Waals surface area (Å²) in [5, 5.41) is 1.94. The van der Waals surface area contributed by atoms with Gasteiger partial charge in [-0.25, -0.2) is 8.78 Å². The van der Waals surface area contributed by atoms with Crippen molar-refractivity contribution < 1.29 is 13.6 Å². The molecule has 7 heteroatoms. The van der Waals surface area contributed by atoms with Crippen molar-refractivity contribution in [2.24, 2.45) is 0 Å². The van der Waals surface area contributed by atoms with Crippen LogP contribution in [0, 0.1) is 0 Å². The predicted octanol–water partition coefficient (Wildman–Crippen LogP) is 4.24. The lowest BCUT2D eigenvalue weighted by atomic mass is 9.87. The maximum Gasteiger partial charge on any atom is 0.175 e. The highest BCUT2D eigenvalue weighted by atomic mass is 32.1. The number of carbonyl (C=O) groups is 1. The molecule has 0 saturated carbocycles. The summed E-state index contributed by atoms with van der Waals surface area (Å²) in [7, 11) is 0. The molecule has 146 valence electrons. The van der Waals surface area contributed by atoms with E-state index in [2.05, 4.69) is 9.97 Å². The van der Waals surface area contributed by atoms with E-state index in [9.17, 15) is 9.18 Å². The van der Waals surface area contributed by atoms with Crippen LogP contribution in [0.5, 0.6) is 0 Å². The molecule has 0 radical (unpaired) electrons. The summed E-state index contributed by atoms with van der Waals surface area (Å²) in [5.74, 6) is -0.433. The molecule has 0 aliphatic carbocycles. The average molecular weight is 401 g/mol. The highest BCUT2D eigenvalue weighted by Crippen LogP contribution is 2.30. The number of fused-ring (bicyclic) bond motifs is 1. The molecule has 4 rings (SSSR count). The number of hydrogen-bond acceptors (Lipinski definition) is 5. The van der Waals surface area contributed by atoms with Crippen molar-refractivity contribution in [2.75, 3.05) is 26.3 Å². The molecule has 0 spiro atoms. The Bertz CT molecular complexity index is 969. The summed E-state index contributed by atoms with van der Waals surface area (Å²) in [6.07, 6.45) is 3.76. The van der Waals surface area contributed by atoms with Crippen molar-refractivity contribution in [1.29, 1.82) is 0 Å². The molecule has 0 atom stereocenters. The first-order chi connectivity index (χ1) is 13.6. The summed E-state index contributed by atoms with van der Waals surface area (Å²) in [6.45, 7) is 0.682. The monoisotopic (exact) mass is 401 g/mol. The number of thiazole rings is 1. The lowest BCUT2D eigenvalue weighted by Gasteiger charge is -2.34. The average Bonchev–Trinajstić information content (AvgIpc) is 3.24. The molecule has 4 nitrogen and oxygen atoms in total. The highest BCUT2D eigenvalue weighted by Gasteiger charge is 2.41. The molecule has 0 bridgehead atoms. The Labute approximate surface area is 166 Å². The van der Waals surface area contributed by atoms with Crippen molar-refractivity contribution in [2.45, 2.75) is 24.9 Å². The van der Waals surface area contributed by atoms with Gasteiger partial charge in [0.15, 0.2) is 11.5 Å². The minimum atomic E-state index is -1.84. The quantitative estimate of drug-likeness (QED) is 0.620. The van der Waals surface area contributed by atoms with Crippen LogP contribution in [0.15, 0.2) is 42.2 Å². The molecule has 1 aliphatic rings. The number of aromatic nitrogens is 2. The van der Waals surface area contributed by atoms with Gasteiger partial charge in [0.05, 0.1) is 16.8 Å². The Balaban J connectivity index is 1.50. The van der Waals surface area contributed by atoms with Gasteiger partial charge in [0.25, 0.3) is 0 Å². The van der Waals surface area contributed by atoms with Gasteiger partial charge in [-0.2, -0.15) is 0 Å². The first kappa shape index (κ1) is 19.1. The number of benzene rings is 1. The van der Waals surface area contributed by atoms with Crippen LogP contribution in [-0.2, 0) is 11.2 Å². The lowest BCUT2D eigenvalue weighted by Crippen LogP contribution is -2.47. The normalized spacial score (nSPS) is 17.1. The van der Waals surface area contributed by atoms with E-state index in [1.54, 1.807) is 23.0 Å². The number of ketones is 1. The second kappa shape index (κ2) is 8.01. The van der Waals surface area contributed by atoms with Crippen molar-refractivity contribution in [3.05, 3.63) is 47.9 Å². The third kappa shape index (κ3) is 3.95. The zero-order valence-electron chi connectivity index (χ0n) is 15.4. The van der Waals surface area contributed by atoms with Gasteiger partial charge in [-0.1, -0.05) is 12.1 Å². The number of pyridine rings is 1. The number of piperidine rings is 1. The van der Waals surface area contributed by atoms with Crippen LogP contribution in [0.25, 0.3) is 21.2 Å². The van der Waals surface area contributed by atoms with Crippen molar-refractivity contribution in [3.63, 3.8) is 0 Å². The van der Waals surface area contributed by atoms with E-state index >= 15 is 4.39 Å². The van der Waals surface area contributed by atoms with E-state index in [0.29, 0.717) is 25.3 Å². The zero-order chi connectivity index (χ0) is 19.6. The fourth-order valence-corrected chi connectivity index (χ4v) is 4.27. The first-order valence-electron chi connectivity index (χ1n) is 9.35. The molecule has 1 saturated heterocycles. The third-order valence-electron chi connectivity index (χ3n) is 5.39. The second-order valence-corrected chi connectivity index (χ2v) is 8.09. The van der Waals surface area contributed by atoms with Gasteiger partial charge >= 0.3 is 0 Å². The van der Waals surface area contributed by atoms with Crippen LogP contribution in [-0.4, -0.2) is 52.6 Å². The number of likely N-dealkylation sites (tertiary alicyclic amines) is 1. The smallest absolute Gasteiger partial charge is 0.175 e. The minimum Gasteiger partial charge on any atom is -0.300 e. The fourth-order valence-electron chi connectivity index (χ4n) is 3.65. The highest BCUT2D eigenvalue weighted by molar-refractivity contribution is 7.13.